The Morgan fingerprint density at radius 1 is 1.17 bits per heavy atom. The highest BCUT2D eigenvalue weighted by atomic mass is 35.5. The van der Waals surface area contributed by atoms with E-state index in [0.717, 1.165) is 5.92 Å². The van der Waals surface area contributed by atoms with Gasteiger partial charge in [0.05, 0.1) is 0 Å². The normalized spacial score (nSPS) is 30.0. The van der Waals surface area contributed by atoms with Gasteiger partial charge in [0, 0.05) is 12.6 Å². The molecule has 0 unspecified atom stereocenters. The second-order valence-corrected chi connectivity index (χ2v) is 4.04. The third-order valence-corrected chi connectivity index (χ3v) is 2.51. The molecule has 0 heterocycles. The Hall–Kier alpha value is 0.210. The van der Waals surface area contributed by atoms with Gasteiger partial charge in [0.15, 0.2) is 0 Å². The van der Waals surface area contributed by atoms with Crippen LogP contribution in [0.15, 0.2) is 0 Å². The molecule has 2 N–H and O–H groups in total. The van der Waals surface area contributed by atoms with Crippen molar-refractivity contribution in [1.29, 1.82) is 0 Å². The fraction of sp³-hybridized carbons (Fsp3) is 1.00. The van der Waals surface area contributed by atoms with Crippen LogP contribution < -0.4 is 5.73 Å². The lowest BCUT2D eigenvalue weighted by atomic mass is 9.86. The molecule has 2 nitrogen and oxygen atoms in total. The van der Waals surface area contributed by atoms with E-state index >= 15 is 0 Å². The van der Waals surface area contributed by atoms with Gasteiger partial charge in [-0.1, -0.05) is 0 Å². The molecule has 0 aromatic carbocycles. The monoisotopic (exact) mass is 192 g/mol. The molecule has 12 heavy (non-hydrogen) atoms. The van der Waals surface area contributed by atoms with Gasteiger partial charge in [-0.15, -0.1) is 12.4 Å². The van der Waals surface area contributed by atoms with Gasteiger partial charge in [0.1, 0.15) is 0 Å². The first-order chi connectivity index (χ1) is 5.18. The molecular weight excluding hydrogens is 172 g/mol. The minimum atomic E-state index is 0. The number of hydrogen-bond donors (Lipinski definition) is 1. The van der Waals surface area contributed by atoms with Crippen molar-refractivity contribution in [2.45, 2.75) is 31.7 Å². The molecule has 0 aliphatic heterocycles. The van der Waals surface area contributed by atoms with Crippen LogP contribution in [-0.4, -0.2) is 31.6 Å². The van der Waals surface area contributed by atoms with Crippen molar-refractivity contribution in [1.82, 2.24) is 4.90 Å². The Kier molecular flexibility index (Phi) is 5.89. The van der Waals surface area contributed by atoms with E-state index in [9.17, 15) is 0 Å². The second kappa shape index (κ2) is 5.79. The van der Waals surface area contributed by atoms with Gasteiger partial charge < -0.3 is 10.6 Å². The van der Waals surface area contributed by atoms with Crippen molar-refractivity contribution < 1.29 is 0 Å². The SMILES string of the molecule is CN(C)CC1CCC(N)CC1.Cl. The van der Waals surface area contributed by atoms with Crippen molar-refractivity contribution in [2.24, 2.45) is 11.7 Å². The molecule has 3 heteroatoms. The van der Waals surface area contributed by atoms with Crippen LogP contribution >= 0.6 is 12.4 Å². The highest BCUT2D eigenvalue weighted by molar-refractivity contribution is 5.85. The van der Waals surface area contributed by atoms with Gasteiger partial charge in [-0.05, 0) is 45.7 Å². The van der Waals surface area contributed by atoms with E-state index < -0.39 is 0 Å². The molecule has 0 spiro atoms. The van der Waals surface area contributed by atoms with Gasteiger partial charge in [-0.3, -0.25) is 0 Å². The number of halogens is 1. The molecule has 0 saturated heterocycles. The summed E-state index contributed by atoms with van der Waals surface area (Å²) < 4.78 is 0. The first kappa shape index (κ1) is 12.2. The number of hydrogen-bond acceptors (Lipinski definition) is 2. The smallest absolute Gasteiger partial charge is 0.00390 e. The van der Waals surface area contributed by atoms with Crippen molar-refractivity contribution >= 4 is 12.4 Å². The van der Waals surface area contributed by atoms with Crippen LogP contribution in [0.25, 0.3) is 0 Å². The molecule has 1 rings (SSSR count). The van der Waals surface area contributed by atoms with E-state index in [4.69, 9.17) is 5.73 Å². The molecule has 0 amide bonds. The van der Waals surface area contributed by atoms with Crippen molar-refractivity contribution in [3.05, 3.63) is 0 Å². The van der Waals surface area contributed by atoms with Crippen LogP contribution in [0.2, 0.25) is 0 Å². The highest BCUT2D eigenvalue weighted by Gasteiger charge is 2.18. The molecule has 0 atom stereocenters. The van der Waals surface area contributed by atoms with Crippen LogP contribution in [0.4, 0.5) is 0 Å². The second-order valence-electron chi connectivity index (χ2n) is 4.04. The lowest BCUT2D eigenvalue weighted by Crippen LogP contribution is -2.31. The molecule has 0 aromatic rings. The van der Waals surface area contributed by atoms with Gasteiger partial charge in [-0.2, -0.15) is 0 Å². The summed E-state index contributed by atoms with van der Waals surface area (Å²) in [5.41, 5.74) is 5.81. The molecule has 1 fully saturated rings. The molecule has 0 aromatic heterocycles. The largest absolute Gasteiger partial charge is 0.328 e. The Morgan fingerprint density at radius 3 is 2.08 bits per heavy atom. The lowest BCUT2D eigenvalue weighted by Gasteiger charge is -2.28. The topological polar surface area (TPSA) is 29.3 Å². The maximum absolute atomic E-state index is 5.81. The van der Waals surface area contributed by atoms with E-state index in [1.165, 1.54) is 32.2 Å². The van der Waals surface area contributed by atoms with Crippen molar-refractivity contribution in [3.8, 4) is 0 Å². The van der Waals surface area contributed by atoms with Crippen molar-refractivity contribution in [2.75, 3.05) is 20.6 Å². The van der Waals surface area contributed by atoms with Gasteiger partial charge in [-0.25, -0.2) is 0 Å². The van der Waals surface area contributed by atoms with E-state index in [1.54, 1.807) is 0 Å². The minimum absolute atomic E-state index is 0. The third kappa shape index (κ3) is 4.29. The summed E-state index contributed by atoms with van der Waals surface area (Å²) in [6, 6.07) is 0.494. The fourth-order valence-electron chi connectivity index (χ4n) is 1.89. The maximum Gasteiger partial charge on any atom is 0.00390 e. The zero-order chi connectivity index (χ0) is 8.27. The number of nitrogens with zero attached hydrogens (tertiary/aromatic N) is 1. The third-order valence-electron chi connectivity index (χ3n) is 2.51. The summed E-state index contributed by atoms with van der Waals surface area (Å²) in [5, 5.41) is 0. The first-order valence-electron chi connectivity index (χ1n) is 4.59. The zero-order valence-corrected chi connectivity index (χ0v) is 8.94. The average molecular weight is 193 g/mol. The first-order valence-corrected chi connectivity index (χ1v) is 4.59. The molecule has 1 aliphatic carbocycles. The van der Waals surface area contributed by atoms with Gasteiger partial charge in [0.25, 0.3) is 0 Å². The molecule has 0 bridgehead atoms. The molecule has 74 valence electrons. The lowest BCUT2D eigenvalue weighted by molar-refractivity contribution is 0.250. The Labute approximate surface area is 81.9 Å². The fourth-order valence-corrected chi connectivity index (χ4v) is 1.89. The van der Waals surface area contributed by atoms with E-state index in [1.807, 2.05) is 0 Å². The summed E-state index contributed by atoms with van der Waals surface area (Å²) in [4.78, 5) is 2.28. The summed E-state index contributed by atoms with van der Waals surface area (Å²) in [7, 11) is 4.29. The summed E-state index contributed by atoms with van der Waals surface area (Å²) in [5.74, 6) is 0.907. The van der Waals surface area contributed by atoms with E-state index in [2.05, 4.69) is 19.0 Å². The predicted molar refractivity (Wildman–Crippen MR) is 55.7 cm³/mol. The van der Waals surface area contributed by atoms with Gasteiger partial charge in [0.2, 0.25) is 0 Å². The van der Waals surface area contributed by atoms with Crippen LogP contribution in [0, 0.1) is 5.92 Å². The van der Waals surface area contributed by atoms with Gasteiger partial charge >= 0.3 is 0 Å². The quantitative estimate of drug-likeness (QED) is 0.719. The molecule has 1 aliphatic rings. The highest BCUT2D eigenvalue weighted by Crippen LogP contribution is 2.23. The zero-order valence-electron chi connectivity index (χ0n) is 8.12. The van der Waals surface area contributed by atoms with Crippen molar-refractivity contribution in [3.63, 3.8) is 0 Å². The van der Waals surface area contributed by atoms with E-state index in [0.29, 0.717) is 6.04 Å². The number of nitrogens with two attached hydrogens (primary N) is 1. The van der Waals surface area contributed by atoms with Crippen LogP contribution in [0.5, 0.6) is 0 Å². The van der Waals surface area contributed by atoms with E-state index in [-0.39, 0.29) is 12.4 Å². The summed E-state index contributed by atoms with van der Waals surface area (Å²) in [6.07, 6.45) is 5.13. The predicted octanol–water partition coefficient (Wildman–Crippen LogP) is 1.49. The van der Waals surface area contributed by atoms with Crippen LogP contribution in [0.1, 0.15) is 25.7 Å². The average Bonchev–Trinajstić information content (AvgIpc) is 1.93. The standard InChI is InChI=1S/C9H20N2.ClH/c1-11(2)7-8-3-5-9(10)6-4-8;/h8-9H,3-7,10H2,1-2H3;1H. The summed E-state index contributed by atoms with van der Waals surface area (Å²) >= 11 is 0. The summed E-state index contributed by atoms with van der Waals surface area (Å²) in [6.45, 7) is 1.24. The maximum atomic E-state index is 5.81. The Bertz CT molecular complexity index is 109. The molecule has 1 saturated carbocycles. The van der Waals surface area contributed by atoms with Crippen LogP contribution in [0.3, 0.4) is 0 Å². The Balaban J connectivity index is 0.00000121. The van der Waals surface area contributed by atoms with Crippen LogP contribution in [-0.2, 0) is 0 Å². The molecule has 0 radical (unpaired) electrons. The Morgan fingerprint density at radius 2 is 1.67 bits per heavy atom. The number of rotatable bonds is 2. The molecular formula is C9H21ClN2. The minimum Gasteiger partial charge on any atom is -0.328 e.